The predicted octanol–water partition coefficient (Wildman–Crippen LogP) is 5.37. The van der Waals surface area contributed by atoms with Crippen molar-refractivity contribution in [3.8, 4) is 17.2 Å². The van der Waals surface area contributed by atoms with Gasteiger partial charge in [-0.2, -0.15) is 0 Å². The Bertz CT molecular complexity index is 959. The van der Waals surface area contributed by atoms with Gasteiger partial charge in [-0.15, -0.1) is 0 Å². The highest BCUT2D eigenvalue weighted by Crippen LogP contribution is 2.30. The van der Waals surface area contributed by atoms with Crippen LogP contribution < -0.4 is 15.2 Å². The lowest BCUT2D eigenvalue weighted by atomic mass is 9.98. The topological polar surface area (TPSA) is 61.6 Å². The molecule has 1 aliphatic carbocycles. The minimum atomic E-state index is -0.338. The van der Waals surface area contributed by atoms with Crippen LogP contribution in [-0.4, -0.2) is 12.0 Å². The molecule has 1 fully saturated rings. The standard InChI is InChI=1S/C24H25NO3/c25-24(26)14-17-6-10-21(11-7-17)28-23-13-9-18-15-22(12-8-19(18)16-23)27-20-4-2-1-3-5-20/h6-13,15-16,20H,1-5,14H2,(H2,25,26). The summed E-state index contributed by atoms with van der Waals surface area (Å²) in [6.07, 6.45) is 6.76. The highest BCUT2D eigenvalue weighted by atomic mass is 16.5. The number of rotatable bonds is 6. The van der Waals surface area contributed by atoms with Gasteiger partial charge in [0, 0.05) is 0 Å². The van der Waals surface area contributed by atoms with Gasteiger partial charge >= 0.3 is 0 Å². The Hall–Kier alpha value is -3.01. The van der Waals surface area contributed by atoms with Gasteiger partial charge < -0.3 is 15.2 Å². The summed E-state index contributed by atoms with van der Waals surface area (Å²) >= 11 is 0. The van der Waals surface area contributed by atoms with Crippen LogP contribution in [-0.2, 0) is 11.2 Å². The van der Waals surface area contributed by atoms with E-state index in [1.54, 1.807) is 0 Å². The fraction of sp³-hybridized carbons (Fsp3) is 0.292. The molecule has 144 valence electrons. The van der Waals surface area contributed by atoms with Crippen molar-refractivity contribution in [2.45, 2.75) is 44.6 Å². The van der Waals surface area contributed by atoms with Gasteiger partial charge in [0.1, 0.15) is 17.2 Å². The van der Waals surface area contributed by atoms with Crippen LogP contribution in [0.1, 0.15) is 37.7 Å². The summed E-state index contributed by atoms with van der Waals surface area (Å²) in [6.45, 7) is 0. The molecule has 4 heteroatoms. The van der Waals surface area contributed by atoms with Crippen LogP contribution in [0.3, 0.4) is 0 Å². The Morgan fingerprint density at radius 3 is 2.11 bits per heavy atom. The van der Waals surface area contributed by atoms with Crippen molar-refractivity contribution >= 4 is 16.7 Å². The number of nitrogens with two attached hydrogens (primary N) is 1. The van der Waals surface area contributed by atoms with Crippen LogP contribution >= 0.6 is 0 Å². The summed E-state index contributed by atoms with van der Waals surface area (Å²) < 4.78 is 12.1. The van der Waals surface area contributed by atoms with Crippen LogP contribution in [0.5, 0.6) is 17.2 Å². The molecule has 1 amide bonds. The first-order valence-electron chi connectivity index (χ1n) is 9.91. The Morgan fingerprint density at radius 1 is 0.821 bits per heavy atom. The SMILES string of the molecule is NC(=O)Cc1ccc(Oc2ccc3cc(OC4CCCCC4)ccc3c2)cc1. The normalized spacial score (nSPS) is 14.7. The van der Waals surface area contributed by atoms with Gasteiger partial charge in [-0.1, -0.05) is 30.7 Å². The van der Waals surface area contributed by atoms with E-state index in [1.807, 2.05) is 42.5 Å². The third-order valence-corrected chi connectivity index (χ3v) is 5.18. The van der Waals surface area contributed by atoms with Gasteiger partial charge in [-0.05, 0) is 78.4 Å². The summed E-state index contributed by atoms with van der Waals surface area (Å²) in [5.41, 5.74) is 6.10. The lowest BCUT2D eigenvalue weighted by Gasteiger charge is -2.23. The molecule has 0 unspecified atom stereocenters. The van der Waals surface area contributed by atoms with E-state index in [4.69, 9.17) is 15.2 Å². The monoisotopic (exact) mass is 375 g/mol. The highest BCUT2D eigenvalue weighted by Gasteiger charge is 2.15. The van der Waals surface area contributed by atoms with Gasteiger partial charge in [-0.25, -0.2) is 0 Å². The molecule has 1 saturated carbocycles. The molecule has 4 rings (SSSR count). The minimum absolute atomic E-state index is 0.238. The van der Waals surface area contributed by atoms with E-state index < -0.39 is 0 Å². The van der Waals surface area contributed by atoms with Gasteiger partial charge in [0.05, 0.1) is 12.5 Å². The molecule has 0 radical (unpaired) electrons. The average Bonchev–Trinajstić information content (AvgIpc) is 2.70. The fourth-order valence-electron chi connectivity index (χ4n) is 3.73. The van der Waals surface area contributed by atoms with Crippen LogP contribution in [0.25, 0.3) is 10.8 Å². The second kappa shape index (κ2) is 8.34. The number of primary amides is 1. The molecular formula is C24H25NO3. The lowest BCUT2D eigenvalue weighted by molar-refractivity contribution is -0.117. The molecule has 28 heavy (non-hydrogen) atoms. The molecule has 0 bridgehead atoms. The molecule has 3 aromatic carbocycles. The van der Waals surface area contributed by atoms with E-state index in [9.17, 15) is 4.79 Å². The molecule has 0 saturated heterocycles. The third-order valence-electron chi connectivity index (χ3n) is 5.18. The summed E-state index contributed by atoms with van der Waals surface area (Å²) in [5.74, 6) is 2.11. The van der Waals surface area contributed by atoms with Gasteiger partial charge in [-0.3, -0.25) is 4.79 Å². The maximum atomic E-state index is 11.0. The number of benzene rings is 3. The van der Waals surface area contributed by atoms with Crippen molar-refractivity contribution in [2.24, 2.45) is 5.73 Å². The molecule has 4 nitrogen and oxygen atoms in total. The van der Waals surface area contributed by atoms with E-state index >= 15 is 0 Å². The zero-order valence-corrected chi connectivity index (χ0v) is 15.9. The maximum Gasteiger partial charge on any atom is 0.221 e. The molecule has 3 aromatic rings. The quantitative estimate of drug-likeness (QED) is 0.630. The lowest BCUT2D eigenvalue weighted by Crippen LogP contribution is -2.19. The van der Waals surface area contributed by atoms with E-state index in [2.05, 4.69) is 18.2 Å². The Morgan fingerprint density at radius 2 is 1.43 bits per heavy atom. The number of ether oxygens (including phenoxy) is 2. The molecular weight excluding hydrogens is 350 g/mol. The van der Waals surface area contributed by atoms with Gasteiger partial charge in [0.25, 0.3) is 0 Å². The summed E-state index contributed by atoms with van der Waals surface area (Å²) in [6, 6.07) is 19.7. The van der Waals surface area contributed by atoms with E-state index in [-0.39, 0.29) is 12.3 Å². The van der Waals surface area contributed by atoms with E-state index in [1.165, 1.54) is 19.3 Å². The summed E-state index contributed by atoms with van der Waals surface area (Å²) in [7, 11) is 0. The number of hydrogen-bond acceptors (Lipinski definition) is 3. The first-order chi connectivity index (χ1) is 13.7. The van der Waals surface area contributed by atoms with Crippen LogP contribution in [0.4, 0.5) is 0 Å². The average molecular weight is 375 g/mol. The van der Waals surface area contributed by atoms with Gasteiger partial charge in [0.2, 0.25) is 5.91 Å². The Balaban J connectivity index is 1.45. The largest absolute Gasteiger partial charge is 0.490 e. The van der Waals surface area contributed by atoms with E-state index in [0.717, 1.165) is 46.4 Å². The van der Waals surface area contributed by atoms with Crippen molar-refractivity contribution in [2.75, 3.05) is 0 Å². The minimum Gasteiger partial charge on any atom is -0.490 e. The molecule has 1 aliphatic rings. The number of amides is 1. The van der Waals surface area contributed by atoms with Crippen molar-refractivity contribution in [1.82, 2.24) is 0 Å². The fourth-order valence-corrected chi connectivity index (χ4v) is 3.73. The molecule has 0 aromatic heterocycles. The van der Waals surface area contributed by atoms with Crippen molar-refractivity contribution in [3.05, 3.63) is 66.2 Å². The number of carbonyl (C=O) groups excluding carboxylic acids is 1. The molecule has 0 heterocycles. The van der Waals surface area contributed by atoms with Crippen molar-refractivity contribution < 1.29 is 14.3 Å². The zero-order valence-electron chi connectivity index (χ0n) is 15.9. The number of fused-ring (bicyclic) bond motifs is 1. The van der Waals surface area contributed by atoms with Crippen LogP contribution in [0, 0.1) is 0 Å². The smallest absolute Gasteiger partial charge is 0.221 e. The first-order valence-corrected chi connectivity index (χ1v) is 9.91. The van der Waals surface area contributed by atoms with Crippen LogP contribution in [0.15, 0.2) is 60.7 Å². The molecule has 0 spiro atoms. The molecule has 2 N–H and O–H groups in total. The second-order valence-electron chi connectivity index (χ2n) is 7.44. The molecule has 0 aliphatic heterocycles. The Labute approximate surface area is 165 Å². The second-order valence-corrected chi connectivity index (χ2v) is 7.44. The maximum absolute atomic E-state index is 11.0. The third kappa shape index (κ3) is 4.63. The van der Waals surface area contributed by atoms with Crippen molar-refractivity contribution in [1.29, 1.82) is 0 Å². The van der Waals surface area contributed by atoms with Crippen molar-refractivity contribution in [3.63, 3.8) is 0 Å². The zero-order chi connectivity index (χ0) is 19.3. The van der Waals surface area contributed by atoms with Crippen LogP contribution in [0.2, 0.25) is 0 Å². The van der Waals surface area contributed by atoms with E-state index in [0.29, 0.717) is 6.10 Å². The predicted molar refractivity (Wildman–Crippen MR) is 111 cm³/mol. The first kappa shape index (κ1) is 18.4. The summed E-state index contributed by atoms with van der Waals surface area (Å²) in [5, 5.41) is 2.25. The Kier molecular flexibility index (Phi) is 5.47. The number of carbonyl (C=O) groups is 1. The van der Waals surface area contributed by atoms with Gasteiger partial charge in [0.15, 0.2) is 0 Å². The summed E-state index contributed by atoms with van der Waals surface area (Å²) in [4.78, 5) is 11.0. The molecule has 0 atom stereocenters. The number of hydrogen-bond donors (Lipinski definition) is 1. The highest BCUT2D eigenvalue weighted by molar-refractivity contribution is 5.85.